The Morgan fingerprint density at radius 1 is 1.41 bits per heavy atom. The van der Waals surface area contributed by atoms with E-state index in [1.54, 1.807) is 11.3 Å². The highest BCUT2D eigenvalue weighted by molar-refractivity contribution is 7.10. The molecule has 0 aliphatic carbocycles. The number of aromatic nitrogens is 1. The molecule has 1 aromatic heterocycles. The molecule has 1 N–H and O–H groups in total. The number of aryl methyl sites for hydroxylation is 1. The van der Waals surface area contributed by atoms with E-state index >= 15 is 0 Å². The van der Waals surface area contributed by atoms with Gasteiger partial charge < -0.3 is 5.11 Å². The monoisotopic (exact) mass is 247 g/mol. The van der Waals surface area contributed by atoms with Crippen LogP contribution in [0.2, 0.25) is 0 Å². The van der Waals surface area contributed by atoms with Gasteiger partial charge in [-0.15, -0.1) is 11.3 Å². The third kappa shape index (κ3) is 2.73. The highest BCUT2D eigenvalue weighted by atomic mass is 32.1. The number of aliphatic hydroxyl groups excluding tert-OH is 1. The van der Waals surface area contributed by atoms with E-state index in [1.165, 1.54) is 5.56 Å². The van der Waals surface area contributed by atoms with Crippen molar-refractivity contribution in [1.82, 2.24) is 4.98 Å². The highest BCUT2D eigenvalue weighted by Crippen LogP contribution is 2.28. The molecule has 0 amide bonds. The van der Waals surface area contributed by atoms with Crippen LogP contribution in [-0.2, 0) is 0 Å². The molecule has 1 aromatic carbocycles. The Balaban J connectivity index is 2.29. The van der Waals surface area contributed by atoms with Crippen molar-refractivity contribution in [3.05, 3.63) is 40.2 Å². The lowest BCUT2D eigenvalue weighted by Crippen LogP contribution is -2.01. The number of nitrogens with zero attached hydrogens (tertiary/aromatic N) is 1. The summed E-state index contributed by atoms with van der Waals surface area (Å²) in [6.45, 7) is 4.34. The van der Waals surface area contributed by atoms with Gasteiger partial charge in [0.2, 0.25) is 0 Å². The maximum absolute atomic E-state index is 9.27. The maximum atomic E-state index is 9.27. The molecule has 2 rings (SSSR count). The first-order chi connectivity index (χ1) is 8.24. The predicted octanol–water partition coefficient (Wildman–Crippen LogP) is 3.60. The van der Waals surface area contributed by atoms with Crippen LogP contribution in [0.4, 0.5) is 0 Å². The van der Waals surface area contributed by atoms with Crippen LogP contribution in [0.3, 0.4) is 0 Å². The minimum atomic E-state index is 0.178. The molecule has 0 aliphatic heterocycles. The summed E-state index contributed by atoms with van der Waals surface area (Å²) in [5.41, 5.74) is 3.41. The van der Waals surface area contributed by atoms with Gasteiger partial charge in [-0.05, 0) is 19.4 Å². The number of rotatable bonds is 4. The van der Waals surface area contributed by atoms with Crippen LogP contribution in [0.5, 0.6) is 0 Å². The van der Waals surface area contributed by atoms with Gasteiger partial charge in [0.15, 0.2) is 0 Å². The van der Waals surface area contributed by atoms with Crippen molar-refractivity contribution >= 4 is 11.3 Å². The standard InChI is InChI=1S/C14H17NOS/c1-3-11(8-16)14-15-13(9-17-14)12-6-4-5-10(2)7-12/h4-7,9,11,16H,3,8H2,1-2H3. The van der Waals surface area contributed by atoms with E-state index in [0.717, 1.165) is 22.7 Å². The molecule has 0 aliphatic rings. The van der Waals surface area contributed by atoms with Crippen LogP contribution in [0.1, 0.15) is 29.8 Å². The SMILES string of the molecule is CCC(CO)c1nc(-c2cccc(C)c2)cs1. The van der Waals surface area contributed by atoms with Crippen molar-refractivity contribution in [3.8, 4) is 11.3 Å². The van der Waals surface area contributed by atoms with Gasteiger partial charge in [0.25, 0.3) is 0 Å². The van der Waals surface area contributed by atoms with Crippen molar-refractivity contribution in [2.45, 2.75) is 26.2 Å². The maximum Gasteiger partial charge on any atom is 0.0986 e. The lowest BCUT2D eigenvalue weighted by Gasteiger charge is -2.06. The number of hydrogen-bond donors (Lipinski definition) is 1. The third-order valence-corrected chi connectivity index (χ3v) is 3.91. The van der Waals surface area contributed by atoms with Crippen LogP contribution in [0.25, 0.3) is 11.3 Å². The quantitative estimate of drug-likeness (QED) is 0.895. The van der Waals surface area contributed by atoms with E-state index < -0.39 is 0 Å². The minimum Gasteiger partial charge on any atom is -0.396 e. The lowest BCUT2D eigenvalue weighted by molar-refractivity contribution is 0.262. The van der Waals surface area contributed by atoms with Gasteiger partial charge >= 0.3 is 0 Å². The molecule has 1 unspecified atom stereocenters. The fraction of sp³-hybridized carbons (Fsp3) is 0.357. The Bertz CT molecular complexity index is 488. The molecule has 1 atom stereocenters. The minimum absolute atomic E-state index is 0.178. The zero-order valence-electron chi connectivity index (χ0n) is 10.2. The van der Waals surface area contributed by atoms with Crippen molar-refractivity contribution in [2.24, 2.45) is 0 Å². The van der Waals surface area contributed by atoms with Gasteiger partial charge in [0.05, 0.1) is 17.3 Å². The highest BCUT2D eigenvalue weighted by Gasteiger charge is 2.13. The summed E-state index contributed by atoms with van der Waals surface area (Å²) in [4.78, 5) is 4.62. The van der Waals surface area contributed by atoms with E-state index in [4.69, 9.17) is 0 Å². The van der Waals surface area contributed by atoms with E-state index in [1.807, 2.05) is 6.07 Å². The molecule has 0 spiro atoms. The Hall–Kier alpha value is -1.19. The fourth-order valence-electron chi connectivity index (χ4n) is 1.79. The number of aliphatic hydroxyl groups is 1. The molecule has 0 fully saturated rings. The van der Waals surface area contributed by atoms with Crippen molar-refractivity contribution in [3.63, 3.8) is 0 Å². The molecule has 2 aromatic rings. The van der Waals surface area contributed by atoms with Gasteiger partial charge in [-0.25, -0.2) is 4.98 Å². The first kappa shape index (κ1) is 12.3. The van der Waals surface area contributed by atoms with Gasteiger partial charge in [-0.3, -0.25) is 0 Å². The summed E-state index contributed by atoms with van der Waals surface area (Å²) in [5, 5.41) is 12.4. The van der Waals surface area contributed by atoms with E-state index in [2.05, 4.69) is 42.4 Å². The Labute approximate surface area is 106 Å². The van der Waals surface area contributed by atoms with Crippen LogP contribution in [0, 0.1) is 6.92 Å². The first-order valence-electron chi connectivity index (χ1n) is 5.88. The van der Waals surface area contributed by atoms with Crippen molar-refractivity contribution in [1.29, 1.82) is 0 Å². The number of hydrogen-bond acceptors (Lipinski definition) is 3. The molecule has 1 heterocycles. The van der Waals surface area contributed by atoms with Crippen molar-refractivity contribution < 1.29 is 5.11 Å². The molecule has 3 heteroatoms. The average Bonchev–Trinajstić information content (AvgIpc) is 2.80. The summed E-state index contributed by atoms with van der Waals surface area (Å²) in [6, 6.07) is 8.34. The summed E-state index contributed by atoms with van der Waals surface area (Å²) >= 11 is 1.64. The average molecular weight is 247 g/mol. The van der Waals surface area contributed by atoms with Gasteiger partial charge in [-0.1, -0.05) is 30.7 Å². The molecule has 0 bridgehead atoms. The first-order valence-corrected chi connectivity index (χ1v) is 6.76. The molecular weight excluding hydrogens is 230 g/mol. The van der Waals surface area contributed by atoms with Crippen LogP contribution >= 0.6 is 11.3 Å². The lowest BCUT2D eigenvalue weighted by atomic mass is 10.1. The van der Waals surface area contributed by atoms with Gasteiger partial charge in [0.1, 0.15) is 0 Å². The summed E-state index contributed by atoms with van der Waals surface area (Å²) in [6.07, 6.45) is 0.928. The molecule has 0 saturated carbocycles. The summed E-state index contributed by atoms with van der Waals surface area (Å²) < 4.78 is 0. The van der Waals surface area contributed by atoms with E-state index in [9.17, 15) is 5.11 Å². The van der Waals surface area contributed by atoms with Gasteiger partial charge in [0, 0.05) is 16.9 Å². The zero-order valence-corrected chi connectivity index (χ0v) is 11.0. The molecule has 0 radical (unpaired) electrons. The molecule has 0 saturated heterocycles. The van der Waals surface area contributed by atoms with Crippen LogP contribution < -0.4 is 0 Å². The normalized spacial score (nSPS) is 12.6. The second kappa shape index (κ2) is 5.43. The summed E-state index contributed by atoms with van der Waals surface area (Å²) in [5.74, 6) is 0.179. The topological polar surface area (TPSA) is 33.1 Å². The predicted molar refractivity (Wildman–Crippen MR) is 72.4 cm³/mol. The van der Waals surface area contributed by atoms with Gasteiger partial charge in [-0.2, -0.15) is 0 Å². The van der Waals surface area contributed by atoms with E-state index in [-0.39, 0.29) is 12.5 Å². The second-order valence-corrected chi connectivity index (χ2v) is 5.12. The largest absolute Gasteiger partial charge is 0.396 e. The Morgan fingerprint density at radius 3 is 2.88 bits per heavy atom. The number of benzene rings is 1. The second-order valence-electron chi connectivity index (χ2n) is 4.23. The Kier molecular flexibility index (Phi) is 3.92. The third-order valence-electron chi connectivity index (χ3n) is 2.90. The fourth-order valence-corrected chi connectivity index (χ4v) is 2.80. The van der Waals surface area contributed by atoms with E-state index in [0.29, 0.717) is 0 Å². The molecule has 90 valence electrons. The smallest absolute Gasteiger partial charge is 0.0986 e. The van der Waals surface area contributed by atoms with Crippen molar-refractivity contribution in [2.75, 3.05) is 6.61 Å². The molecule has 2 nitrogen and oxygen atoms in total. The Morgan fingerprint density at radius 2 is 2.24 bits per heavy atom. The molecular formula is C14H17NOS. The van der Waals surface area contributed by atoms with Crippen LogP contribution in [-0.4, -0.2) is 16.7 Å². The summed E-state index contributed by atoms with van der Waals surface area (Å²) in [7, 11) is 0. The van der Waals surface area contributed by atoms with Crippen LogP contribution in [0.15, 0.2) is 29.6 Å². The zero-order chi connectivity index (χ0) is 12.3. The molecule has 17 heavy (non-hydrogen) atoms. The number of thiazole rings is 1.